The summed E-state index contributed by atoms with van der Waals surface area (Å²) in [5, 5.41) is 10.0. The number of ether oxygens (including phenoxy) is 1. The third-order valence-corrected chi connectivity index (χ3v) is 3.33. The molecule has 1 N–H and O–H groups in total. The maximum absolute atomic E-state index is 10.0. The summed E-state index contributed by atoms with van der Waals surface area (Å²) in [6.45, 7) is 2.08. The van der Waals surface area contributed by atoms with E-state index in [0.29, 0.717) is 5.92 Å². The number of benzene rings is 1. The second-order valence-electron chi connectivity index (χ2n) is 4.78. The van der Waals surface area contributed by atoms with E-state index in [1.54, 1.807) is 0 Å². The average Bonchev–Trinajstić information content (AvgIpc) is 2.98. The van der Waals surface area contributed by atoms with Crippen molar-refractivity contribution in [2.24, 2.45) is 5.92 Å². The lowest BCUT2D eigenvalue weighted by Crippen LogP contribution is -2.05. The standard InChI is InChI=1S/C13H16O2/c1-8-6-11-7-10(4-5-12(11)15-8)13(14)9-2-3-9/h4-5,7-9,13-14H,2-3,6H2,1H3. The summed E-state index contributed by atoms with van der Waals surface area (Å²) >= 11 is 0. The molecule has 0 aromatic heterocycles. The molecule has 1 aliphatic heterocycles. The van der Waals surface area contributed by atoms with Gasteiger partial charge in [0.05, 0.1) is 6.10 Å². The van der Waals surface area contributed by atoms with E-state index in [1.165, 1.54) is 18.4 Å². The first-order valence-electron chi connectivity index (χ1n) is 5.71. The molecule has 2 heteroatoms. The van der Waals surface area contributed by atoms with E-state index in [2.05, 4.69) is 13.0 Å². The molecule has 1 aliphatic carbocycles. The van der Waals surface area contributed by atoms with Gasteiger partial charge in [-0.1, -0.05) is 6.07 Å². The van der Waals surface area contributed by atoms with Gasteiger partial charge in [0.1, 0.15) is 11.9 Å². The molecule has 2 nitrogen and oxygen atoms in total. The third-order valence-electron chi connectivity index (χ3n) is 3.33. The van der Waals surface area contributed by atoms with Crippen molar-refractivity contribution < 1.29 is 9.84 Å². The summed E-state index contributed by atoms with van der Waals surface area (Å²) < 4.78 is 5.64. The maximum Gasteiger partial charge on any atom is 0.123 e. The monoisotopic (exact) mass is 204 g/mol. The number of hydrogen-bond acceptors (Lipinski definition) is 2. The van der Waals surface area contributed by atoms with E-state index >= 15 is 0 Å². The molecule has 1 aromatic rings. The van der Waals surface area contributed by atoms with Crippen molar-refractivity contribution in [3.63, 3.8) is 0 Å². The van der Waals surface area contributed by atoms with Gasteiger partial charge in [0.25, 0.3) is 0 Å². The zero-order valence-corrected chi connectivity index (χ0v) is 8.94. The number of aliphatic hydroxyl groups excluding tert-OH is 1. The Morgan fingerprint density at radius 1 is 1.40 bits per heavy atom. The predicted octanol–water partition coefficient (Wildman–Crippen LogP) is 2.45. The first-order valence-corrected chi connectivity index (χ1v) is 5.71. The molecule has 2 unspecified atom stereocenters. The van der Waals surface area contributed by atoms with Crippen molar-refractivity contribution in [3.8, 4) is 5.75 Å². The lowest BCUT2D eigenvalue weighted by atomic mass is 10.0. The lowest BCUT2D eigenvalue weighted by molar-refractivity contribution is 0.154. The van der Waals surface area contributed by atoms with Gasteiger partial charge in [0, 0.05) is 6.42 Å². The Morgan fingerprint density at radius 3 is 2.93 bits per heavy atom. The summed E-state index contributed by atoms with van der Waals surface area (Å²) in [5.41, 5.74) is 2.31. The highest BCUT2D eigenvalue weighted by molar-refractivity contribution is 5.41. The minimum Gasteiger partial charge on any atom is -0.490 e. The van der Waals surface area contributed by atoms with Crippen molar-refractivity contribution in [3.05, 3.63) is 29.3 Å². The van der Waals surface area contributed by atoms with Crippen LogP contribution >= 0.6 is 0 Å². The van der Waals surface area contributed by atoms with Crippen LogP contribution < -0.4 is 4.74 Å². The molecule has 0 amide bonds. The van der Waals surface area contributed by atoms with E-state index in [1.807, 2.05) is 12.1 Å². The maximum atomic E-state index is 10.0. The summed E-state index contributed by atoms with van der Waals surface area (Å²) in [4.78, 5) is 0. The Morgan fingerprint density at radius 2 is 2.20 bits per heavy atom. The van der Waals surface area contributed by atoms with Crippen LogP contribution in [0.1, 0.15) is 37.0 Å². The minimum atomic E-state index is -0.258. The molecule has 3 rings (SSSR count). The Hall–Kier alpha value is -1.02. The third kappa shape index (κ3) is 1.63. The largest absolute Gasteiger partial charge is 0.490 e. The van der Waals surface area contributed by atoms with Gasteiger partial charge in [-0.15, -0.1) is 0 Å². The quantitative estimate of drug-likeness (QED) is 0.801. The van der Waals surface area contributed by atoms with Gasteiger partial charge in [-0.05, 0) is 48.9 Å². The Bertz CT molecular complexity index is 382. The number of fused-ring (bicyclic) bond motifs is 1. The second-order valence-corrected chi connectivity index (χ2v) is 4.78. The van der Waals surface area contributed by atoms with Gasteiger partial charge >= 0.3 is 0 Å². The zero-order chi connectivity index (χ0) is 10.4. The summed E-state index contributed by atoms with van der Waals surface area (Å²) in [7, 11) is 0. The highest BCUT2D eigenvalue weighted by atomic mass is 16.5. The van der Waals surface area contributed by atoms with Crippen molar-refractivity contribution in [1.29, 1.82) is 0 Å². The van der Waals surface area contributed by atoms with E-state index in [9.17, 15) is 5.11 Å². The lowest BCUT2D eigenvalue weighted by Gasteiger charge is -2.10. The fourth-order valence-electron chi connectivity index (χ4n) is 2.31. The molecule has 0 saturated heterocycles. The zero-order valence-electron chi connectivity index (χ0n) is 8.94. The number of hydrogen-bond donors (Lipinski definition) is 1. The highest BCUT2D eigenvalue weighted by Crippen LogP contribution is 2.42. The molecule has 1 fully saturated rings. The van der Waals surface area contributed by atoms with Gasteiger partial charge < -0.3 is 9.84 Å². The van der Waals surface area contributed by atoms with Gasteiger partial charge in [0.15, 0.2) is 0 Å². The van der Waals surface area contributed by atoms with E-state index in [4.69, 9.17) is 4.74 Å². The molecule has 2 aliphatic rings. The topological polar surface area (TPSA) is 29.5 Å². The molecule has 0 bridgehead atoms. The van der Waals surface area contributed by atoms with Crippen LogP contribution in [-0.4, -0.2) is 11.2 Å². The molecule has 1 aromatic carbocycles. The number of aliphatic hydroxyl groups is 1. The molecule has 2 atom stereocenters. The molecule has 80 valence electrons. The predicted molar refractivity (Wildman–Crippen MR) is 57.9 cm³/mol. The second kappa shape index (κ2) is 3.24. The van der Waals surface area contributed by atoms with E-state index < -0.39 is 0 Å². The van der Waals surface area contributed by atoms with Crippen molar-refractivity contribution >= 4 is 0 Å². The Balaban J connectivity index is 1.89. The fourth-order valence-corrected chi connectivity index (χ4v) is 2.31. The summed E-state index contributed by atoms with van der Waals surface area (Å²) in [6, 6.07) is 6.11. The van der Waals surface area contributed by atoms with Crippen LogP contribution in [0.15, 0.2) is 18.2 Å². The SMILES string of the molecule is CC1Cc2cc(C(O)C3CC3)ccc2O1. The minimum absolute atomic E-state index is 0.258. The van der Waals surface area contributed by atoms with Crippen LogP contribution in [0.3, 0.4) is 0 Å². The van der Waals surface area contributed by atoms with E-state index in [0.717, 1.165) is 17.7 Å². The van der Waals surface area contributed by atoms with Gasteiger partial charge in [-0.25, -0.2) is 0 Å². The van der Waals surface area contributed by atoms with Crippen LogP contribution in [0, 0.1) is 5.92 Å². The van der Waals surface area contributed by atoms with Crippen molar-refractivity contribution in [2.45, 2.75) is 38.4 Å². The highest BCUT2D eigenvalue weighted by Gasteiger charge is 2.31. The smallest absolute Gasteiger partial charge is 0.123 e. The molecule has 0 spiro atoms. The molecule has 0 radical (unpaired) electrons. The van der Waals surface area contributed by atoms with Gasteiger partial charge in [-0.2, -0.15) is 0 Å². The van der Waals surface area contributed by atoms with Gasteiger partial charge in [-0.3, -0.25) is 0 Å². The fraction of sp³-hybridized carbons (Fsp3) is 0.538. The van der Waals surface area contributed by atoms with Crippen LogP contribution in [0.5, 0.6) is 5.75 Å². The average molecular weight is 204 g/mol. The van der Waals surface area contributed by atoms with Crippen LogP contribution in [0.2, 0.25) is 0 Å². The molecule has 15 heavy (non-hydrogen) atoms. The Labute approximate surface area is 89.9 Å². The molecule has 1 heterocycles. The van der Waals surface area contributed by atoms with Crippen LogP contribution in [0.4, 0.5) is 0 Å². The number of rotatable bonds is 2. The molecule has 1 saturated carbocycles. The van der Waals surface area contributed by atoms with Crippen LogP contribution in [0.25, 0.3) is 0 Å². The van der Waals surface area contributed by atoms with Crippen molar-refractivity contribution in [1.82, 2.24) is 0 Å². The van der Waals surface area contributed by atoms with Crippen LogP contribution in [-0.2, 0) is 6.42 Å². The summed E-state index contributed by atoms with van der Waals surface area (Å²) in [6.07, 6.45) is 3.34. The van der Waals surface area contributed by atoms with E-state index in [-0.39, 0.29) is 12.2 Å². The van der Waals surface area contributed by atoms with Gasteiger partial charge in [0.2, 0.25) is 0 Å². The first-order chi connectivity index (χ1) is 7.24. The summed E-state index contributed by atoms with van der Waals surface area (Å²) in [5.74, 6) is 1.50. The van der Waals surface area contributed by atoms with Crippen molar-refractivity contribution in [2.75, 3.05) is 0 Å². The Kier molecular flexibility index (Phi) is 1.99. The normalized spacial score (nSPS) is 25.9. The molecular formula is C13H16O2. The first kappa shape index (κ1) is 9.22. The molecular weight excluding hydrogens is 188 g/mol.